The van der Waals surface area contributed by atoms with E-state index < -0.39 is 0 Å². The summed E-state index contributed by atoms with van der Waals surface area (Å²) in [5, 5.41) is 30.3. The van der Waals surface area contributed by atoms with Crippen molar-refractivity contribution in [2.45, 2.75) is 39.2 Å². The molecule has 6 aromatic rings. The molecule has 14 nitrogen and oxygen atoms in total. The first kappa shape index (κ1) is 34.0. The number of nitrogen functional groups attached to an aromatic ring is 1. The van der Waals surface area contributed by atoms with Crippen LogP contribution < -0.4 is 21.7 Å². The maximum Gasteiger partial charge on any atom is 0.228 e. The summed E-state index contributed by atoms with van der Waals surface area (Å²) < 4.78 is 0. The van der Waals surface area contributed by atoms with Crippen molar-refractivity contribution in [2.24, 2.45) is 23.7 Å². The van der Waals surface area contributed by atoms with Gasteiger partial charge in [0.2, 0.25) is 11.8 Å². The predicted molar refractivity (Wildman–Crippen MR) is 203 cm³/mol. The summed E-state index contributed by atoms with van der Waals surface area (Å²) in [4.78, 5) is 53.0. The van der Waals surface area contributed by atoms with Crippen LogP contribution in [0.4, 0.5) is 23.3 Å². The highest BCUT2D eigenvalue weighted by Crippen LogP contribution is 2.43. The number of nitrogens with two attached hydrogens (primary N) is 1. The standard InChI is InChI=1S/C40H34N12O2/c1-21-4-8-44-17-29(21)33-13-26-15-36(52-40(54)28-11-23(28)3-7-42)47-20-32(26)38(50-33)48-16-24-5-9-45-18-30(24)34-12-25-14-35(46-19-31(25)37(43)49-34)51-39(53)27-10-22(27)2-6-41/h4-5,8-9,12-15,17-20,22-23,27-28H,2-3,10-11,16H2,1H3,(H2,43,49)(H,48,50)(H,46,51,53)(H,47,52,54)/t22-,23+,27-,28+/m1/s1. The highest BCUT2D eigenvalue weighted by Gasteiger charge is 2.43. The third-order valence-electron chi connectivity index (χ3n) is 10.1. The lowest BCUT2D eigenvalue weighted by Gasteiger charge is -2.15. The zero-order chi connectivity index (χ0) is 37.3. The molecule has 2 aliphatic rings. The summed E-state index contributed by atoms with van der Waals surface area (Å²) in [6.45, 7) is 2.34. The lowest BCUT2D eigenvalue weighted by Crippen LogP contribution is -2.15. The molecule has 266 valence electrons. The van der Waals surface area contributed by atoms with Crippen LogP contribution in [0, 0.1) is 53.3 Å². The smallest absolute Gasteiger partial charge is 0.228 e. The van der Waals surface area contributed by atoms with Crippen molar-refractivity contribution in [1.29, 1.82) is 10.5 Å². The molecule has 14 heteroatoms. The number of nitrogens with zero attached hydrogens (tertiary/aromatic N) is 8. The number of aryl methyl sites for hydroxylation is 1. The number of carbonyl (C=O) groups excluding carboxylic acids is 2. The second-order valence-electron chi connectivity index (χ2n) is 13.8. The molecule has 8 rings (SSSR count). The lowest BCUT2D eigenvalue weighted by molar-refractivity contribution is -0.118. The molecule has 6 aromatic heterocycles. The average molecular weight is 715 g/mol. The van der Waals surface area contributed by atoms with Crippen LogP contribution in [0.5, 0.6) is 0 Å². The Hall–Kier alpha value is -7.06. The van der Waals surface area contributed by atoms with Gasteiger partial charge >= 0.3 is 0 Å². The number of carbonyl (C=O) groups is 2. The molecular formula is C40H34N12O2. The summed E-state index contributed by atoms with van der Waals surface area (Å²) in [5.41, 5.74) is 11.2. The van der Waals surface area contributed by atoms with Gasteiger partial charge in [0.15, 0.2) is 0 Å². The Kier molecular flexibility index (Phi) is 8.93. The number of aromatic nitrogens is 6. The van der Waals surface area contributed by atoms with E-state index in [0.29, 0.717) is 66.5 Å². The minimum atomic E-state index is -0.179. The number of fused-ring (bicyclic) bond motifs is 2. The van der Waals surface area contributed by atoms with Gasteiger partial charge in [-0.25, -0.2) is 19.9 Å². The Morgan fingerprint density at radius 3 is 1.98 bits per heavy atom. The molecule has 4 atom stereocenters. The second kappa shape index (κ2) is 14.2. The third kappa shape index (κ3) is 6.92. The molecule has 0 aliphatic heterocycles. The number of anilines is 4. The Balaban J connectivity index is 1.08. The van der Waals surface area contributed by atoms with Gasteiger partial charge in [0.05, 0.1) is 23.5 Å². The largest absolute Gasteiger partial charge is 0.383 e. The van der Waals surface area contributed by atoms with Crippen molar-refractivity contribution >= 4 is 56.6 Å². The van der Waals surface area contributed by atoms with Gasteiger partial charge in [-0.05, 0) is 89.9 Å². The number of pyridine rings is 6. The molecule has 0 aromatic carbocycles. The summed E-state index contributed by atoms with van der Waals surface area (Å²) in [6.07, 6.45) is 12.4. The van der Waals surface area contributed by atoms with Gasteiger partial charge < -0.3 is 21.7 Å². The van der Waals surface area contributed by atoms with Crippen LogP contribution in [0.3, 0.4) is 0 Å². The van der Waals surface area contributed by atoms with E-state index in [1.54, 1.807) is 43.2 Å². The van der Waals surface area contributed by atoms with Crippen LogP contribution in [-0.4, -0.2) is 41.7 Å². The minimum absolute atomic E-state index is 0.0905. The van der Waals surface area contributed by atoms with Crippen LogP contribution in [0.2, 0.25) is 0 Å². The third-order valence-corrected chi connectivity index (χ3v) is 10.1. The first-order chi connectivity index (χ1) is 26.3. The molecule has 0 saturated heterocycles. The van der Waals surface area contributed by atoms with E-state index in [0.717, 1.165) is 38.4 Å². The monoisotopic (exact) mass is 714 g/mol. The number of hydrogen-bond donors (Lipinski definition) is 4. The molecule has 2 aliphatic carbocycles. The van der Waals surface area contributed by atoms with E-state index in [1.807, 2.05) is 37.3 Å². The van der Waals surface area contributed by atoms with Crippen molar-refractivity contribution in [1.82, 2.24) is 29.9 Å². The maximum atomic E-state index is 12.9. The molecule has 0 unspecified atom stereocenters. The van der Waals surface area contributed by atoms with E-state index in [1.165, 1.54) is 0 Å². The number of amides is 2. The van der Waals surface area contributed by atoms with Gasteiger partial charge in [0.25, 0.3) is 0 Å². The number of nitrogens with one attached hydrogen (secondary N) is 3. The highest BCUT2D eigenvalue weighted by molar-refractivity contribution is 6.00. The molecule has 2 amide bonds. The highest BCUT2D eigenvalue weighted by atomic mass is 16.2. The van der Waals surface area contributed by atoms with Crippen molar-refractivity contribution in [2.75, 3.05) is 21.7 Å². The van der Waals surface area contributed by atoms with E-state index in [-0.39, 0.29) is 41.3 Å². The van der Waals surface area contributed by atoms with Gasteiger partial charge in [-0.15, -0.1) is 0 Å². The molecule has 5 N–H and O–H groups in total. The summed E-state index contributed by atoms with van der Waals surface area (Å²) in [7, 11) is 0. The van der Waals surface area contributed by atoms with Crippen LogP contribution in [0.25, 0.3) is 44.1 Å². The molecule has 0 bridgehead atoms. The Morgan fingerprint density at radius 1 is 0.778 bits per heavy atom. The van der Waals surface area contributed by atoms with E-state index >= 15 is 0 Å². The average Bonchev–Trinajstić information content (AvgIpc) is 4.11. The normalized spacial score (nSPS) is 18.4. The second-order valence-corrected chi connectivity index (χ2v) is 13.8. The van der Waals surface area contributed by atoms with Crippen molar-refractivity contribution in [3.8, 4) is 34.7 Å². The molecule has 0 radical (unpaired) electrons. The van der Waals surface area contributed by atoms with Gasteiger partial charge in [-0.2, -0.15) is 10.5 Å². The Labute approximate surface area is 309 Å². The van der Waals surface area contributed by atoms with Gasteiger partial charge in [0, 0.05) is 90.3 Å². The predicted octanol–water partition coefficient (Wildman–Crippen LogP) is 6.18. The molecular weight excluding hydrogens is 681 g/mol. The van der Waals surface area contributed by atoms with Gasteiger partial charge in [-0.3, -0.25) is 19.6 Å². The molecule has 0 spiro atoms. The Morgan fingerprint density at radius 2 is 1.35 bits per heavy atom. The van der Waals surface area contributed by atoms with Gasteiger partial charge in [-0.1, -0.05) is 0 Å². The topological polar surface area (TPSA) is 221 Å². The fourth-order valence-corrected chi connectivity index (χ4v) is 6.85. The maximum absolute atomic E-state index is 12.9. The first-order valence-electron chi connectivity index (χ1n) is 17.6. The molecule has 54 heavy (non-hydrogen) atoms. The summed E-state index contributed by atoms with van der Waals surface area (Å²) in [6, 6.07) is 15.6. The zero-order valence-electron chi connectivity index (χ0n) is 29.2. The fourth-order valence-electron chi connectivity index (χ4n) is 6.85. The molecule has 6 heterocycles. The number of hydrogen-bond acceptors (Lipinski definition) is 12. The molecule has 2 saturated carbocycles. The first-order valence-corrected chi connectivity index (χ1v) is 17.6. The van der Waals surface area contributed by atoms with E-state index in [2.05, 4.69) is 48.0 Å². The van der Waals surface area contributed by atoms with Crippen LogP contribution in [-0.2, 0) is 16.1 Å². The fraction of sp³-hybridized carbons (Fsp3) is 0.250. The van der Waals surface area contributed by atoms with E-state index in [9.17, 15) is 9.59 Å². The van der Waals surface area contributed by atoms with Crippen LogP contribution >= 0.6 is 0 Å². The van der Waals surface area contributed by atoms with Crippen LogP contribution in [0.1, 0.15) is 36.8 Å². The van der Waals surface area contributed by atoms with Crippen LogP contribution in [0.15, 0.2) is 73.6 Å². The summed E-state index contributed by atoms with van der Waals surface area (Å²) in [5.74, 6) is 1.24. The van der Waals surface area contributed by atoms with Crippen molar-refractivity contribution in [3.63, 3.8) is 0 Å². The lowest BCUT2D eigenvalue weighted by atomic mass is 10.0. The summed E-state index contributed by atoms with van der Waals surface area (Å²) >= 11 is 0. The Bertz CT molecular complexity index is 2560. The molecule has 2 fully saturated rings. The minimum Gasteiger partial charge on any atom is -0.383 e. The SMILES string of the molecule is Cc1ccncc1-c1cc2cc(NC(=O)[C@H]3C[C@@H]3CC#N)ncc2c(NCc2ccncc2-c2cc3cc(NC(=O)[C@@H]4C[C@H]4CC#N)ncc3c(N)n2)n1. The van der Waals surface area contributed by atoms with E-state index in [4.69, 9.17) is 26.2 Å². The number of nitriles is 2. The van der Waals surface area contributed by atoms with Crippen molar-refractivity contribution < 1.29 is 9.59 Å². The van der Waals surface area contributed by atoms with Gasteiger partial charge in [0.1, 0.15) is 23.3 Å². The zero-order valence-corrected chi connectivity index (χ0v) is 29.2. The quantitative estimate of drug-likeness (QED) is 0.118. The van der Waals surface area contributed by atoms with Crippen molar-refractivity contribution in [3.05, 3.63) is 84.7 Å². The number of rotatable bonds is 11.